The molecule has 0 aliphatic carbocycles. The van der Waals surface area contributed by atoms with E-state index in [1.165, 1.54) is 32.5 Å². The second-order valence-corrected chi connectivity index (χ2v) is 3.38. The minimum Gasteiger partial charge on any atom is -0.304 e. The zero-order chi connectivity index (χ0) is 8.69. The Morgan fingerprint density at radius 1 is 1.09 bits per heavy atom. The first-order valence-electron chi connectivity index (χ1n) is 4.96. The zero-order valence-corrected chi connectivity index (χ0v) is 8.56. The molecule has 0 aromatic rings. The number of hydrogen-bond donors (Lipinski definition) is 0. The lowest BCUT2D eigenvalue weighted by Gasteiger charge is -2.22. The van der Waals surface area contributed by atoms with E-state index < -0.39 is 0 Å². The summed E-state index contributed by atoms with van der Waals surface area (Å²) < 4.78 is 0. The topological polar surface area (TPSA) is 3.24 Å². The molecule has 68 valence electrons. The Hall–Kier alpha value is -0.0400. The van der Waals surface area contributed by atoms with Crippen molar-refractivity contribution >= 4 is 0 Å². The van der Waals surface area contributed by atoms with Crippen LogP contribution in [0.4, 0.5) is 0 Å². The molecule has 0 spiro atoms. The van der Waals surface area contributed by atoms with Gasteiger partial charge in [0.15, 0.2) is 0 Å². The molecule has 0 fully saturated rings. The third kappa shape index (κ3) is 5.25. The van der Waals surface area contributed by atoms with E-state index >= 15 is 0 Å². The lowest BCUT2D eigenvalue weighted by molar-refractivity contribution is 0.253. The molecule has 0 saturated carbocycles. The molecule has 1 atom stereocenters. The van der Waals surface area contributed by atoms with Crippen LogP contribution in [-0.2, 0) is 0 Å². The standard InChI is InChI=1S/C10H23N/c1-5-8-10(4)9-11(6-2)7-3/h10H,5-9H2,1-4H3. The maximum absolute atomic E-state index is 2.50. The third-order valence-corrected chi connectivity index (χ3v) is 2.25. The predicted molar refractivity (Wildman–Crippen MR) is 51.9 cm³/mol. The second kappa shape index (κ2) is 6.66. The van der Waals surface area contributed by atoms with Gasteiger partial charge in [0.25, 0.3) is 0 Å². The van der Waals surface area contributed by atoms with Crippen molar-refractivity contribution in [3.63, 3.8) is 0 Å². The van der Waals surface area contributed by atoms with Crippen LogP contribution in [-0.4, -0.2) is 24.5 Å². The van der Waals surface area contributed by atoms with Gasteiger partial charge < -0.3 is 4.90 Å². The van der Waals surface area contributed by atoms with Crippen LogP contribution < -0.4 is 0 Å². The van der Waals surface area contributed by atoms with Gasteiger partial charge in [0, 0.05) is 6.54 Å². The fourth-order valence-electron chi connectivity index (χ4n) is 1.51. The lowest BCUT2D eigenvalue weighted by Crippen LogP contribution is -2.28. The van der Waals surface area contributed by atoms with Crippen molar-refractivity contribution in [3.8, 4) is 0 Å². The minimum absolute atomic E-state index is 0.875. The number of nitrogens with zero attached hydrogens (tertiary/aromatic N) is 1. The van der Waals surface area contributed by atoms with Gasteiger partial charge in [-0.1, -0.05) is 34.1 Å². The molecule has 0 aromatic carbocycles. The Balaban J connectivity index is 3.44. The summed E-state index contributed by atoms with van der Waals surface area (Å²) >= 11 is 0. The molecule has 11 heavy (non-hydrogen) atoms. The first-order valence-corrected chi connectivity index (χ1v) is 4.96. The summed E-state index contributed by atoms with van der Waals surface area (Å²) in [7, 11) is 0. The molecule has 0 heterocycles. The second-order valence-electron chi connectivity index (χ2n) is 3.38. The van der Waals surface area contributed by atoms with E-state index in [4.69, 9.17) is 0 Å². The highest BCUT2D eigenvalue weighted by Gasteiger charge is 2.04. The summed E-state index contributed by atoms with van der Waals surface area (Å²) in [4.78, 5) is 2.50. The van der Waals surface area contributed by atoms with Crippen molar-refractivity contribution in [1.82, 2.24) is 4.90 Å². The fraction of sp³-hybridized carbons (Fsp3) is 1.00. The average Bonchev–Trinajstić information content (AvgIpc) is 2.01. The van der Waals surface area contributed by atoms with Crippen LogP contribution in [0.25, 0.3) is 0 Å². The third-order valence-electron chi connectivity index (χ3n) is 2.25. The maximum atomic E-state index is 2.50. The molecular weight excluding hydrogens is 134 g/mol. The monoisotopic (exact) mass is 157 g/mol. The van der Waals surface area contributed by atoms with Crippen molar-refractivity contribution in [2.75, 3.05) is 19.6 Å². The summed E-state index contributed by atoms with van der Waals surface area (Å²) in [6.07, 6.45) is 2.69. The van der Waals surface area contributed by atoms with Crippen LogP contribution in [0.1, 0.15) is 40.5 Å². The largest absolute Gasteiger partial charge is 0.304 e. The molecule has 0 bridgehead atoms. The number of hydrogen-bond acceptors (Lipinski definition) is 1. The van der Waals surface area contributed by atoms with E-state index in [0.29, 0.717) is 0 Å². The molecular formula is C10H23N. The summed E-state index contributed by atoms with van der Waals surface area (Å²) in [5.41, 5.74) is 0. The zero-order valence-electron chi connectivity index (χ0n) is 8.56. The fourth-order valence-corrected chi connectivity index (χ4v) is 1.51. The highest BCUT2D eigenvalue weighted by Crippen LogP contribution is 2.06. The predicted octanol–water partition coefficient (Wildman–Crippen LogP) is 2.76. The molecule has 0 aliphatic rings. The highest BCUT2D eigenvalue weighted by molar-refractivity contribution is 4.58. The molecule has 1 nitrogen and oxygen atoms in total. The Kier molecular flexibility index (Phi) is 6.63. The molecule has 0 rings (SSSR count). The van der Waals surface area contributed by atoms with Crippen molar-refractivity contribution in [2.45, 2.75) is 40.5 Å². The van der Waals surface area contributed by atoms with Gasteiger partial charge in [-0.25, -0.2) is 0 Å². The van der Waals surface area contributed by atoms with Crippen molar-refractivity contribution < 1.29 is 0 Å². The van der Waals surface area contributed by atoms with Crippen LogP contribution >= 0.6 is 0 Å². The average molecular weight is 157 g/mol. The maximum Gasteiger partial charge on any atom is 0.000678 e. The number of rotatable bonds is 6. The van der Waals surface area contributed by atoms with Crippen LogP contribution in [0.3, 0.4) is 0 Å². The van der Waals surface area contributed by atoms with Gasteiger partial charge in [-0.15, -0.1) is 0 Å². The molecule has 0 N–H and O–H groups in total. The Morgan fingerprint density at radius 3 is 2.00 bits per heavy atom. The van der Waals surface area contributed by atoms with Gasteiger partial charge in [0.1, 0.15) is 0 Å². The van der Waals surface area contributed by atoms with E-state index in [1.54, 1.807) is 0 Å². The van der Waals surface area contributed by atoms with Gasteiger partial charge in [-0.2, -0.15) is 0 Å². The molecule has 1 unspecified atom stereocenters. The van der Waals surface area contributed by atoms with Gasteiger partial charge in [0.2, 0.25) is 0 Å². The lowest BCUT2D eigenvalue weighted by atomic mass is 10.1. The molecule has 0 radical (unpaired) electrons. The molecule has 0 aromatic heterocycles. The normalized spacial score (nSPS) is 13.9. The quantitative estimate of drug-likeness (QED) is 0.573. The van der Waals surface area contributed by atoms with Crippen molar-refractivity contribution in [2.24, 2.45) is 5.92 Å². The molecule has 1 heteroatoms. The Labute approximate surface area is 71.8 Å². The van der Waals surface area contributed by atoms with Gasteiger partial charge >= 0.3 is 0 Å². The van der Waals surface area contributed by atoms with Crippen LogP contribution in [0.2, 0.25) is 0 Å². The smallest absolute Gasteiger partial charge is 0.000678 e. The Bertz CT molecular complexity index is 76.9. The molecule has 0 aliphatic heterocycles. The Morgan fingerprint density at radius 2 is 1.64 bits per heavy atom. The van der Waals surface area contributed by atoms with E-state index in [9.17, 15) is 0 Å². The van der Waals surface area contributed by atoms with Crippen LogP contribution in [0, 0.1) is 5.92 Å². The van der Waals surface area contributed by atoms with E-state index in [-0.39, 0.29) is 0 Å². The van der Waals surface area contributed by atoms with E-state index in [0.717, 1.165) is 5.92 Å². The van der Waals surface area contributed by atoms with E-state index in [1.807, 2.05) is 0 Å². The molecule has 0 saturated heterocycles. The van der Waals surface area contributed by atoms with Crippen LogP contribution in [0.5, 0.6) is 0 Å². The van der Waals surface area contributed by atoms with Crippen molar-refractivity contribution in [1.29, 1.82) is 0 Å². The summed E-state index contributed by atoms with van der Waals surface area (Å²) in [5.74, 6) is 0.875. The summed E-state index contributed by atoms with van der Waals surface area (Å²) in [6, 6.07) is 0. The van der Waals surface area contributed by atoms with Gasteiger partial charge in [-0.3, -0.25) is 0 Å². The minimum atomic E-state index is 0.875. The first kappa shape index (κ1) is 11.0. The van der Waals surface area contributed by atoms with E-state index in [2.05, 4.69) is 32.6 Å². The van der Waals surface area contributed by atoms with Crippen molar-refractivity contribution in [3.05, 3.63) is 0 Å². The highest BCUT2D eigenvalue weighted by atomic mass is 15.1. The molecule has 0 amide bonds. The first-order chi connectivity index (χ1) is 5.24. The van der Waals surface area contributed by atoms with Crippen LogP contribution in [0.15, 0.2) is 0 Å². The van der Waals surface area contributed by atoms with Gasteiger partial charge in [-0.05, 0) is 25.4 Å². The van der Waals surface area contributed by atoms with Gasteiger partial charge in [0.05, 0.1) is 0 Å². The SMILES string of the molecule is CCCC(C)CN(CC)CC. The summed E-state index contributed by atoms with van der Waals surface area (Å²) in [6.45, 7) is 12.8. The summed E-state index contributed by atoms with van der Waals surface area (Å²) in [5, 5.41) is 0.